The summed E-state index contributed by atoms with van der Waals surface area (Å²) in [4.78, 5) is 42.7. The lowest BCUT2D eigenvalue weighted by Gasteiger charge is -2.33. The third kappa shape index (κ3) is 2.76. The molecule has 2 amide bonds. The van der Waals surface area contributed by atoms with E-state index in [-0.39, 0.29) is 11.7 Å². The van der Waals surface area contributed by atoms with Crippen LogP contribution in [-0.2, 0) is 9.59 Å². The van der Waals surface area contributed by atoms with E-state index in [1.807, 2.05) is 30.3 Å². The summed E-state index contributed by atoms with van der Waals surface area (Å²) in [6, 6.07) is 22.1. The number of hydrogen-bond acceptors (Lipinski definition) is 6. The molecule has 3 aliphatic rings. The van der Waals surface area contributed by atoms with Crippen LogP contribution in [0.15, 0.2) is 84.0 Å². The number of ether oxygens (including phenoxy) is 1. The van der Waals surface area contributed by atoms with Crippen molar-refractivity contribution < 1.29 is 19.1 Å². The number of hydrogen-bond donors (Lipinski definition) is 0. The smallest absolute Gasteiger partial charge is 0.240 e. The molecule has 2 saturated heterocycles. The van der Waals surface area contributed by atoms with Crippen LogP contribution in [0.4, 0.5) is 5.69 Å². The molecule has 7 heteroatoms. The molecule has 168 valence electrons. The molecule has 6 rings (SSSR count). The third-order valence-electron chi connectivity index (χ3n) is 6.95. The number of imide groups is 1. The Morgan fingerprint density at radius 2 is 1.53 bits per heavy atom. The third-order valence-corrected chi connectivity index (χ3v) is 6.95. The summed E-state index contributed by atoms with van der Waals surface area (Å²) in [5, 5.41) is 6.25. The van der Waals surface area contributed by atoms with Gasteiger partial charge in [0.15, 0.2) is 5.78 Å². The van der Waals surface area contributed by atoms with Gasteiger partial charge >= 0.3 is 0 Å². The number of nitrogens with zero attached hydrogens (tertiary/aromatic N) is 3. The van der Waals surface area contributed by atoms with Gasteiger partial charge in [0.2, 0.25) is 11.8 Å². The number of fused-ring (bicyclic) bond motifs is 5. The number of anilines is 1. The summed E-state index contributed by atoms with van der Waals surface area (Å²) in [5.41, 5.74) is 2.64. The van der Waals surface area contributed by atoms with E-state index in [1.165, 1.54) is 12.0 Å². The Kier molecular flexibility index (Phi) is 4.58. The van der Waals surface area contributed by atoms with E-state index in [4.69, 9.17) is 4.74 Å². The van der Waals surface area contributed by atoms with Crippen LogP contribution in [0, 0.1) is 11.8 Å². The first kappa shape index (κ1) is 20.4. The fraction of sp³-hybridized carbons (Fsp3) is 0.185. The van der Waals surface area contributed by atoms with Crippen molar-refractivity contribution in [2.45, 2.75) is 12.1 Å². The molecule has 34 heavy (non-hydrogen) atoms. The van der Waals surface area contributed by atoms with Gasteiger partial charge in [0.05, 0.1) is 36.9 Å². The van der Waals surface area contributed by atoms with Gasteiger partial charge < -0.3 is 4.74 Å². The molecule has 3 aromatic carbocycles. The Hall–Kier alpha value is -4.26. The molecular weight excluding hydrogens is 430 g/mol. The molecule has 7 nitrogen and oxygen atoms in total. The quantitative estimate of drug-likeness (QED) is 0.448. The zero-order valence-electron chi connectivity index (χ0n) is 18.4. The number of amides is 2. The van der Waals surface area contributed by atoms with Crippen LogP contribution in [0.1, 0.15) is 27.5 Å². The standard InChI is InChI=1S/C27H21N3O4/c1-34-20-14-8-7-13-19(20)29-26(32)21-22(27(29)33)24(25(31)16-9-3-2-4-10-16)30-23(21)18-12-6-5-11-17(18)15-28-30/h2-15,21-24H,1H3/t21-,22+,23+,24-/m0/s1. The molecule has 0 aliphatic carbocycles. The van der Waals surface area contributed by atoms with Crippen molar-refractivity contribution >= 4 is 29.5 Å². The number of rotatable bonds is 4. The van der Waals surface area contributed by atoms with Crippen molar-refractivity contribution in [3.63, 3.8) is 0 Å². The Morgan fingerprint density at radius 3 is 2.32 bits per heavy atom. The SMILES string of the molecule is COc1ccccc1N1C(=O)[C@@H]2[C@H](C1=O)[C@H]1c3ccccc3C=NN1[C@@H]2C(=O)c1ccccc1. The average molecular weight is 451 g/mol. The summed E-state index contributed by atoms with van der Waals surface area (Å²) in [6.45, 7) is 0. The maximum atomic E-state index is 13.9. The Morgan fingerprint density at radius 1 is 0.853 bits per heavy atom. The highest BCUT2D eigenvalue weighted by atomic mass is 16.5. The lowest BCUT2D eigenvalue weighted by atomic mass is 9.83. The minimum atomic E-state index is -0.891. The maximum absolute atomic E-state index is 13.9. The Balaban J connectivity index is 1.52. The molecule has 3 aromatic rings. The Labute approximate surface area is 196 Å². The summed E-state index contributed by atoms with van der Waals surface area (Å²) >= 11 is 0. The van der Waals surface area contributed by atoms with Crippen LogP contribution in [0.3, 0.4) is 0 Å². The monoisotopic (exact) mass is 451 g/mol. The molecular formula is C27H21N3O4. The highest BCUT2D eigenvalue weighted by Gasteiger charge is 2.65. The molecule has 3 aliphatic heterocycles. The first-order chi connectivity index (χ1) is 16.6. The second kappa shape index (κ2) is 7.66. The first-order valence-corrected chi connectivity index (χ1v) is 11.1. The van der Waals surface area contributed by atoms with Gasteiger partial charge in [0, 0.05) is 5.56 Å². The van der Waals surface area contributed by atoms with E-state index in [0.29, 0.717) is 17.0 Å². The molecule has 0 saturated carbocycles. The zero-order valence-corrected chi connectivity index (χ0v) is 18.4. The molecule has 2 fully saturated rings. The van der Waals surface area contributed by atoms with E-state index in [1.54, 1.807) is 59.8 Å². The van der Waals surface area contributed by atoms with E-state index >= 15 is 0 Å². The number of Topliss-reactive ketones (excluding diaryl/α,β-unsaturated/α-hetero) is 1. The van der Waals surface area contributed by atoms with Crippen molar-refractivity contribution in [2.75, 3.05) is 12.0 Å². The molecule has 0 radical (unpaired) electrons. The number of para-hydroxylation sites is 2. The van der Waals surface area contributed by atoms with Gasteiger partial charge in [-0.15, -0.1) is 0 Å². The molecule has 4 atom stereocenters. The number of methoxy groups -OCH3 is 1. The number of hydrazone groups is 1. The van der Waals surface area contributed by atoms with Crippen molar-refractivity contribution in [1.82, 2.24) is 5.01 Å². The summed E-state index contributed by atoms with van der Waals surface area (Å²) in [6.07, 6.45) is 1.70. The van der Waals surface area contributed by atoms with E-state index in [0.717, 1.165) is 11.1 Å². The van der Waals surface area contributed by atoms with Crippen molar-refractivity contribution in [3.05, 3.63) is 95.6 Å². The summed E-state index contributed by atoms with van der Waals surface area (Å²) in [5.74, 6) is -2.15. The fourth-order valence-corrected chi connectivity index (χ4v) is 5.49. The number of carbonyl (C=O) groups is 3. The Bertz CT molecular complexity index is 1350. The number of ketones is 1. The molecule has 0 bridgehead atoms. The highest BCUT2D eigenvalue weighted by molar-refractivity contribution is 6.25. The van der Waals surface area contributed by atoms with Gasteiger partial charge in [-0.3, -0.25) is 19.4 Å². The zero-order chi connectivity index (χ0) is 23.4. The van der Waals surface area contributed by atoms with Crippen LogP contribution < -0.4 is 9.64 Å². The van der Waals surface area contributed by atoms with E-state index < -0.39 is 29.8 Å². The first-order valence-electron chi connectivity index (χ1n) is 11.1. The van der Waals surface area contributed by atoms with Crippen LogP contribution in [0.25, 0.3) is 0 Å². The van der Waals surface area contributed by atoms with Gasteiger partial charge in [-0.2, -0.15) is 5.10 Å². The molecule has 0 N–H and O–H groups in total. The largest absolute Gasteiger partial charge is 0.495 e. The summed E-state index contributed by atoms with van der Waals surface area (Å²) < 4.78 is 5.44. The lowest BCUT2D eigenvalue weighted by molar-refractivity contribution is -0.124. The molecule has 3 heterocycles. The lowest BCUT2D eigenvalue weighted by Crippen LogP contribution is -2.44. The molecule has 0 spiro atoms. The molecule has 0 unspecified atom stereocenters. The predicted molar refractivity (Wildman–Crippen MR) is 126 cm³/mol. The van der Waals surface area contributed by atoms with Crippen LogP contribution in [-0.4, -0.2) is 42.0 Å². The second-order valence-electron chi connectivity index (χ2n) is 8.61. The van der Waals surface area contributed by atoms with Gasteiger partial charge in [0.25, 0.3) is 0 Å². The normalized spacial score (nSPS) is 24.6. The average Bonchev–Trinajstić information content (AvgIpc) is 3.36. The fourth-order valence-electron chi connectivity index (χ4n) is 5.49. The minimum absolute atomic E-state index is 0.224. The topological polar surface area (TPSA) is 79.3 Å². The minimum Gasteiger partial charge on any atom is -0.495 e. The number of carbonyl (C=O) groups excluding carboxylic acids is 3. The van der Waals surface area contributed by atoms with Gasteiger partial charge in [0.1, 0.15) is 11.8 Å². The summed E-state index contributed by atoms with van der Waals surface area (Å²) in [7, 11) is 1.50. The van der Waals surface area contributed by atoms with Gasteiger partial charge in [-0.05, 0) is 23.3 Å². The second-order valence-corrected chi connectivity index (χ2v) is 8.61. The van der Waals surface area contributed by atoms with Gasteiger partial charge in [-0.1, -0.05) is 66.7 Å². The van der Waals surface area contributed by atoms with Crippen LogP contribution >= 0.6 is 0 Å². The number of benzene rings is 3. The van der Waals surface area contributed by atoms with E-state index in [2.05, 4.69) is 5.10 Å². The maximum Gasteiger partial charge on any atom is 0.240 e. The predicted octanol–water partition coefficient (Wildman–Crippen LogP) is 3.46. The molecule has 0 aromatic heterocycles. The van der Waals surface area contributed by atoms with Crippen molar-refractivity contribution in [3.8, 4) is 5.75 Å². The van der Waals surface area contributed by atoms with Crippen LogP contribution in [0.2, 0.25) is 0 Å². The van der Waals surface area contributed by atoms with Crippen molar-refractivity contribution in [2.24, 2.45) is 16.9 Å². The van der Waals surface area contributed by atoms with Crippen molar-refractivity contribution in [1.29, 1.82) is 0 Å². The van der Waals surface area contributed by atoms with Gasteiger partial charge in [-0.25, -0.2) is 4.90 Å². The van der Waals surface area contributed by atoms with Crippen LogP contribution in [0.5, 0.6) is 5.75 Å². The van der Waals surface area contributed by atoms with E-state index in [9.17, 15) is 14.4 Å². The highest BCUT2D eigenvalue weighted by Crippen LogP contribution is 2.53.